The van der Waals surface area contributed by atoms with Crippen molar-refractivity contribution < 1.29 is 31.1 Å². The number of hydrogen-bond donors (Lipinski definition) is 2. The van der Waals surface area contributed by atoms with Gasteiger partial charge in [-0.25, -0.2) is 8.42 Å². The Kier molecular flexibility index (Phi) is 5.83. The maximum absolute atomic E-state index is 13.0. The summed E-state index contributed by atoms with van der Waals surface area (Å²) in [4.78, 5) is 12.1. The molecule has 2 saturated carbocycles. The van der Waals surface area contributed by atoms with E-state index in [-0.39, 0.29) is 34.4 Å². The van der Waals surface area contributed by atoms with Crippen LogP contribution in [0, 0.1) is 5.92 Å². The number of rotatable bonds is 6. The van der Waals surface area contributed by atoms with Crippen LogP contribution in [-0.2, 0) is 14.6 Å². The molecule has 162 valence electrons. The number of amides is 1. The van der Waals surface area contributed by atoms with E-state index < -0.39 is 38.9 Å². The molecule has 0 spiro atoms. The van der Waals surface area contributed by atoms with Crippen LogP contribution in [0.25, 0.3) is 0 Å². The summed E-state index contributed by atoms with van der Waals surface area (Å²) in [6, 6.07) is 3.34. The van der Waals surface area contributed by atoms with Crippen LogP contribution in [0.2, 0.25) is 5.02 Å². The summed E-state index contributed by atoms with van der Waals surface area (Å²) in [6.07, 6.45) is -4.38. The van der Waals surface area contributed by atoms with Gasteiger partial charge in [0.15, 0.2) is 15.9 Å². The van der Waals surface area contributed by atoms with Crippen molar-refractivity contribution in [2.45, 2.75) is 67.1 Å². The molecule has 1 aromatic carbocycles. The van der Waals surface area contributed by atoms with Crippen molar-refractivity contribution in [3.05, 3.63) is 23.2 Å². The van der Waals surface area contributed by atoms with Crippen molar-refractivity contribution in [2.24, 2.45) is 11.7 Å². The summed E-state index contributed by atoms with van der Waals surface area (Å²) in [6.45, 7) is 0.843. The van der Waals surface area contributed by atoms with Crippen LogP contribution < -0.4 is 15.8 Å². The maximum Gasteiger partial charge on any atom is 0.425 e. The second-order valence-electron chi connectivity index (χ2n) is 7.72. The van der Waals surface area contributed by atoms with E-state index in [4.69, 9.17) is 22.1 Å². The van der Waals surface area contributed by atoms with Crippen LogP contribution in [0.15, 0.2) is 23.1 Å². The summed E-state index contributed by atoms with van der Waals surface area (Å²) in [5.74, 6) is -0.886. The zero-order valence-electron chi connectivity index (χ0n) is 15.6. The Morgan fingerprint density at radius 2 is 2.00 bits per heavy atom. The predicted octanol–water partition coefficient (Wildman–Crippen LogP) is 3.18. The topological polar surface area (TPSA) is 98.5 Å². The summed E-state index contributed by atoms with van der Waals surface area (Å²) < 4.78 is 68.6. The first-order valence-electron chi connectivity index (χ1n) is 9.19. The van der Waals surface area contributed by atoms with E-state index in [2.05, 4.69) is 5.32 Å². The van der Waals surface area contributed by atoms with Crippen LogP contribution in [-0.4, -0.2) is 37.5 Å². The smallest absolute Gasteiger partial charge is 0.425 e. The Bertz CT molecular complexity index is 903. The van der Waals surface area contributed by atoms with E-state index in [9.17, 15) is 26.4 Å². The number of halogens is 4. The number of nitrogens with one attached hydrogen (secondary N) is 1. The lowest BCUT2D eigenvalue weighted by atomic mass is 10.1. The summed E-state index contributed by atoms with van der Waals surface area (Å²) >= 11 is 6.05. The lowest BCUT2D eigenvalue weighted by Gasteiger charge is -2.19. The van der Waals surface area contributed by atoms with Gasteiger partial charge in [0.1, 0.15) is 5.75 Å². The van der Waals surface area contributed by atoms with Gasteiger partial charge in [-0.05, 0) is 51.2 Å². The highest BCUT2D eigenvalue weighted by Crippen LogP contribution is 2.38. The van der Waals surface area contributed by atoms with Crippen LogP contribution in [0.1, 0.15) is 39.0 Å². The molecule has 0 saturated heterocycles. The second kappa shape index (κ2) is 7.63. The van der Waals surface area contributed by atoms with Crippen molar-refractivity contribution in [3.63, 3.8) is 0 Å². The van der Waals surface area contributed by atoms with Gasteiger partial charge < -0.3 is 15.8 Å². The highest BCUT2D eigenvalue weighted by atomic mass is 35.5. The Labute approximate surface area is 171 Å². The predicted molar refractivity (Wildman–Crippen MR) is 100 cm³/mol. The van der Waals surface area contributed by atoms with Gasteiger partial charge in [-0.3, -0.25) is 4.79 Å². The van der Waals surface area contributed by atoms with E-state index in [0.717, 1.165) is 25.1 Å². The SMILES string of the molecule is C[C@H](Oc1ccc(S(=O)(=O)[C@H]2CC[C@H](C(=O)NC3(N)CC3)C2)c(Cl)c1)C(F)(F)F. The minimum Gasteiger partial charge on any atom is -0.481 e. The minimum absolute atomic E-state index is 0.143. The van der Waals surface area contributed by atoms with Gasteiger partial charge >= 0.3 is 6.18 Å². The van der Waals surface area contributed by atoms with E-state index >= 15 is 0 Å². The molecule has 2 aliphatic carbocycles. The summed E-state index contributed by atoms with van der Waals surface area (Å²) in [5.41, 5.74) is 5.21. The zero-order chi connectivity index (χ0) is 21.6. The molecule has 0 unspecified atom stereocenters. The van der Waals surface area contributed by atoms with Gasteiger partial charge in [0.05, 0.1) is 20.8 Å². The lowest BCUT2D eigenvalue weighted by molar-refractivity contribution is -0.189. The number of alkyl halides is 3. The average Bonchev–Trinajstić information content (AvgIpc) is 3.11. The second-order valence-corrected chi connectivity index (χ2v) is 10.3. The molecule has 29 heavy (non-hydrogen) atoms. The number of carbonyl (C=O) groups excluding carboxylic acids is 1. The maximum atomic E-state index is 13.0. The molecule has 0 aliphatic heterocycles. The van der Waals surface area contributed by atoms with Crippen LogP contribution >= 0.6 is 11.6 Å². The summed E-state index contributed by atoms with van der Waals surface area (Å²) in [7, 11) is -3.86. The van der Waals surface area contributed by atoms with Gasteiger partial charge in [0, 0.05) is 12.0 Å². The van der Waals surface area contributed by atoms with Crippen molar-refractivity contribution in [1.82, 2.24) is 5.32 Å². The fourth-order valence-corrected chi connectivity index (χ4v) is 5.68. The summed E-state index contributed by atoms with van der Waals surface area (Å²) in [5, 5.41) is 1.72. The molecule has 6 nitrogen and oxygen atoms in total. The molecule has 3 N–H and O–H groups in total. The molecule has 0 bridgehead atoms. The quantitative estimate of drug-likeness (QED) is 0.643. The van der Waals surface area contributed by atoms with Gasteiger partial charge in [-0.15, -0.1) is 0 Å². The third-order valence-corrected chi connectivity index (χ3v) is 8.04. The number of benzene rings is 1. The number of hydrogen-bond acceptors (Lipinski definition) is 5. The fraction of sp³-hybridized carbons (Fsp3) is 0.611. The number of ether oxygens (including phenoxy) is 1. The molecule has 1 amide bonds. The van der Waals surface area contributed by atoms with E-state index in [1.165, 1.54) is 0 Å². The van der Waals surface area contributed by atoms with Crippen molar-refractivity contribution in [3.8, 4) is 5.75 Å². The molecule has 3 rings (SSSR count). The zero-order valence-corrected chi connectivity index (χ0v) is 17.2. The molecule has 0 aromatic heterocycles. The van der Waals surface area contributed by atoms with Gasteiger partial charge in [-0.1, -0.05) is 11.6 Å². The molecule has 2 aliphatic rings. The first kappa shape index (κ1) is 22.2. The van der Waals surface area contributed by atoms with Gasteiger partial charge in [0.2, 0.25) is 5.91 Å². The normalized spacial score (nSPS) is 24.8. The Hall–Kier alpha value is -1.52. The molecule has 11 heteroatoms. The molecule has 3 atom stereocenters. The molecule has 0 radical (unpaired) electrons. The Morgan fingerprint density at radius 1 is 1.34 bits per heavy atom. The molecule has 2 fully saturated rings. The molecule has 0 heterocycles. The van der Waals surface area contributed by atoms with E-state index in [1.54, 1.807) is 0 Å². The van der Waals surface area contributed by atoms with Crippen LogP contribution in [0.4, 0.5) is 13.2 Å². The Morgan fingerprint density at radius 3 is 2.55 bits per heavy atom. The van der Waals surface area contributed by atoms with Crippen LogP contribution in [0.3, 0.4) is 0 Å². The largest absolute Gasteiger partial charge is 0.481 e. The highest BCUT2D eigenvalue weighted by molar-refractivity contribution is 7.92. The molecule has 1 aromatic rings. The third-order valence-electron chi connectivity index (χ3n) is 5.34. The lowest BCUT2D eigenvalue weighted by Crippen LogP contribution is -2.46. The third kappa shape index (κ3) is 4.97. The first-order valence-corrected chi connectivity index (χ1v) is 11.1. The minimum atomic E-state index is -4.56. The van der Waals surface area contributed by atoms with E-state index in [0.29, 0.717) is 19.3 Å². The number of nitrogens with two attached hydrogens (primary N) is 1. The molecular weight excluding hydrogens is 433 g/mol. The average molecular weight is 455 g/mol. The monoisotopic (exact) mass is 454 g/mol. The Balaban J connectivity index is 1.70. The van der Waals surface area contributed by atoms with Crippen molar-refractivity contribution >= 4 is 27.3 Å². The number of carbonyl (C=O) groups is 1. The van der Waals surface area contributed by atoms with E-state index in [1.807, 2.05) is 0 Å². The van der Waals surface area contributed by atoms with Crippen molar-refractivity contribution in [1.29, 1.82) is 0 Å². The first-order chi connectivity index (χ1) is 13.3. The van der Waals surface area contributed by atoms with Crippen molar-refractivity contribution in [2.75, 3.05) is 0 Å². The molecular formula is C18H22ClF3N2O4S. The number of sulfone groups is 1. The highest BCUT2D eigenvalue weighted by Gasteiger charge is 2.44. The fourth-order valence-electron chi connectivity index (χ4n) is 3.30. The van der Waals surface area contributed by atoms with Gasteiger partial charge in [-0.2, -0.15) is 13.2 Å². The van der Waals surface area contributed by atoms with Gasteiger partial charge in [0.25, 0.3) is 0 Å². The van der Waals surface area contributed by atoms with Crippen LogP contribution in [0.5, 0.6) is 5.75 Å². The standard InChI is InChI=1S/C18H22ClF3N2O4S/c1-10(18(20,21)22)28-12-3-5-15(14(19)9-12)29(26,27)13-4-2-11(8-13)16(25)24-17(23)6-7-17/h3,5,9-11,13H,2,4,6-8,23H2,1H3,(H,24,25)/t10-,11-,13-/m0/s1.